The summed E-state index contributed by atoms with van der Waals surface area (Å²) in [4.78, 5) is 53.9. The number of nitrogen functional groups attached to an aromatic ring is 1. The molecule has 0 aliphatic carbocycles. The van der Waals surface area contributed by atoms with Crippen molar-refractivity contribution in [2.75, 3.05) is 30.9 Å². The molecule has 3 aliphatic rings. The van der Waals surface area contributed by atoms with E-state index in [1.807, 2.05) is 0 Å². The minimum atomic E-state index is -1.24. The molecule has 15 nitrogen and oxygen atoms in total. The Labute approximate surface area is 223 Å². The van der Waals surface area contributed by atoms with Crippen molar-refractivity contribution in [2.24, 2.45) is 15.9 Å². The summed E-state index contributed by atoms with van der Waals surface area (Å²) < 4.78 is 3.97. The SMILES string of the molecule is CCON=C(C(=O)N[C@@H]1C(=O)N2C(C(=O)O)=C(CSC3=NC(=N)N(C)C(N)C3)CS[C@H]12)c1nsc(N)n1. The van der Waals surface area contributed by atoms with Crippen LogP contribution in [0.25, 0.3) is 0 Å². The molecule has 198 valence electrons. The summed E-state index contributed by atoms with van der Waals surface area (Å²) in [5, 5.41) is 24.3. The molecule has 1 aromatic heterocycles. The maximum absolute atomic E-state index is 13.0. The first-order chi connectivity index (χ1) is 17.6. The molecule has 37 heavy (non-hydrogen) atoms. The number of oxime groups is 1. The number of guanidine groups is 1. The molecule has 1 saturated heterocycles. The van der Waals surface area contributed by atoms with E-state index in [9.17, 15) is 19.5 Å². The number of amides is 2. The van der Waals surface area contributed by atoms with E-state index in [-0.39, 0.29) is 46.8 Å². The fraction of sp³-hybridized carbons (Fsp3) is 0.474. The number of carbonyl (C=O) groups excluding carboxylic acids is 2. The first-order valence-corrected chi connectivity index (χ1v) is 13.7. The Morgan fingerprint density at radius 1 is 1.43 bits per heavy atom. The monoisotopic (exact) mass is 568 g/mol. The lowest BCUT2D eigenvalue weighted by Gasteiger charge is -2.49. The van der Waals surface area contributed by atoms with Gasteiger partial charge in [-0.05, 0) is 12.5 Å². The van der Waals surface area contributed by atoms with Crippen LogP contribution in [0.4, 0.5) is 5.13 Å². The molecule has 18 heteroatoms. The van der Waals surface area contributed by atoms with E-state index >= 15 is 0 Å². The third kappa shape index (κ3) is 5.41. The Morgan fingerprint density at radius 2 is 2.19 bits per heavy atom. The molecule has 4 rings (SSSR count). The number of carboxylic acids is 1. The van der Waals surface area contributed by atoms with Crippen LogP contribution in [0.1, 0.15) is 19.2 Å². The Morgan fingerprint density at radius 3 is 2.81 bits per heavy atom. The number of thioether (sulfide) groups is 2. The zero-order chi connectivity index (χ0) is 26.9. The van der Waals surface area contributed by atoms with Gasteiger partial charge in [0.15, 0.2) is 5.13 Å². The van der Waals surface area contributed by atoms with Crippen molar-refractivity contribution >= 4 is 74.7 Å². The lowest BCUT2D eigenvalue weighted by Crippen LogP contribution is -2.71. The molecular formula is C19H24N10O5S3. The molecule has 4 heterocycles. The zero-order valence-electron chi connectivity index (χ0n) is 19.7. The third-order valence-electron chi connectivity index (χ3n) is 5.55. The van der Waals surface area contributed by atoms with Crippen molar-refractivity contribution < 1.29 is 24.3 Å². The van der Waals surface area contributed by atoms with Crippen molar-refractivity contribution in [2.45, 2.75) is 30.9 Å². The number of nitrogens with two attached hydrogens (primary N) is 2. The Hall–Kier alpha value is -3.22. The van der Waals surface area contributed by atoms with Gasteiger partial charge in [-0.2, -0.15) is 9.36 Å². The van der Waals surface area contributed by atoms with Gasteiger partial charge in [-0.25, -0.2) is 9.79 Å². The van der Waals surface area contributed by atoms with E-state index in [1.54, 1.807) is 18.9 Å². The highest BCUT2D eigenvalue weighted by atomic mass is 32.2. The molecule has 7 N–H and O–H groups in total. The van der Waals surface area contributed by atoms with Crippen molar-refractivity contribution in [3.8, 4) is 0 Å². The normalized spacial score (nSPS) is 23.9. The lowest BCUT2D eigenvalue weighted by atomic mass is 10.0. The number of hydrogen-bond acceptors (Lipinski definition) is 13. The predicted octanol–water partition coefficient (Wildman–Crippen LogP) is -0.714. The number of aliphatic carboxylic acids is 1. The molecule has 2 amide bonds. The summed E-state index contributed by atoms with van der Waals surface area (Å²) in [5.41, 5.74) is 11.8. The summed E-state index contributed by atoms with van der Waals surface area (Å²) in [6, 6.07) is -0.972. The van der Waals surface area contributed by atoms with Crippen LogP contribution in [0.2, 0.25) is 0 Å². The van der Waals surface area contributed by atoms with Crippen LogP contribution < -0.4 is 16.8 Å². The lowest BCUT2D eigenvalue weighted by molar-refractivity contribution is -0.150. The van der Waals surface area contributed by atoms with Crippen molar-refractivity contribution in [3.05, 3.63) is 17.1 Å². The second kappa shape index (κ2) is 11.0. The number of aromatic nitrogens is 2. The summed E-state index contributed by atoms with van der Waals surface area (Å²) in [6.07, 6.45) is 0.0376. The van der Waals surface area contributed by atoms with Crippen molar-refractivity contribution in [1.29, 1.82) is 5.41 Å². The summed E-state index contributed by atoms with van der Waals surface area (Å²) in [5.74, 6) is -1.95. The van der Waals surface area contributed by atoms with Gasteiger partial charge in [-0.15, -0.1) is 23.5 Å². The average molecular weight is 569 g/mol. The number of nitrogens with one attached hydrogen (secondary N) is 2. The zero-order valence-corrected chi connectivity index (χ0v) is 22.2. The van der Waals surface area contributed by atoms with Crippen LogP contribution in [-0.2, 0) is 19.2 Å². The van der Waals surface area contributed by atoms with Crippen molar-refractivity contribution in [3.63, 3.8) is 0 Å². The molecule has 0 aromatic carbocycles. The summed E-state index contributed by atoms with van der Waals surface area (Å²) in [7, 11) is 1.68. The minimum Gasteiger partial charge on any atom is -0.477 e. The fourth-order valence-electron chi connectivity index (χ4n) is 3.63. The third-order valence-corrected chi connectivity index (χ3v) is 8.52. The number of hydrogen-bond donors (Lipinski definition) is 5. The van der Waals surface area contributed by atoms with Crippen LogP contribution in [0.15, 0.2) is 21.4 Å². The molecule has 0 spiro atoms. The average Bonchev–Trinajstić information content (AvgIpc) is 3.29. The molecular weight excluding hydrogens is 544 g/mol. The van der Waals surface area contributed by atoms with Crippen LogP contribution in [0.3, 0.4) is 0 Å². The molecule has 3 atom stereocenters. The molecule has 3 aliphatic heterocycles. The van der Waals surface area contributed by atoms with Gasteiger partial charge < -0.3 is 31.6 Å². The summed E-state index contributed by atoms with van der Waals surface area (Å²) >= 11 is 3.51. The fourth-order valence-corrected chi connectivity index (χ4v) is 6.55. The number of β-lactam (4-membered cyclic amide) rings is 1. The van der Waals surface area contributed by atoms with Crippen molar-refractivity contribution in [1.82, 2.24) is 24.5 Å². The first kappa shape index (κ1) is 26.8. The molecule has 1 unspecified atom stereocenters. The van der Waals surface area contributed by atoms with Crippen LogP contribution in [0.5, 0.6) is 0 Å². The maximum atomic E-state index is 13.0. The smallest absolute Gasteiger partial charge is 0.352 e. The van der Waals surface area contributed by atoms with Gasteiger partial charge in [0, 0.05) is 36.5 Å². The van der Waals surface area contributed by atoms with Gasteiger partial charge in [0.2, 0.25) is 17.5 Å². The largest absolute Gasteiger partial charge is 0.477 e. The van der Waals surface area contributed by atoms with Crippen LogP contribution in [0, 0.1) is 5.41 Å². The quantitative estimate of drug-likeness (QED) is 0.149. The van der Waals surface area contributed by atoms with Gasteiger partial charge in [-0.3, -0.25) is 19.9 Å². The maximum Gasteiger partial charge on any atom is 0.352 e. The second-order valence-electron chi connectivity index (χ2n) is 7.93. The van der Waals surface area contributed by atoms with Crippen LogP contribution in [-0.4, -0.2) is 102 Å². The van der Waals surface area contributed by atoms with Gasteiger partial charge in [0.25, 0.3) is 11.8 Å². The highest BCUT2D eigenvalue weighted by molar-refractivity contribution is 8.14. The topological polar surface area (TPSA) is 226 Å². The van der Waals surface area contributed by atoms with E-state index in [0.29, 0.717) is 22.8 Å². The number of rotatable bonds is 8. The first-order valence-electron chi connectivity index (χ1n) is 10.9. The van der Waals surface area contributed by atoms with Gasteiger partial charge >= 0.3 is 5.97 Å². The number of nitrogens with zero attached hydrogens (tertiary/aromatic N) is 6. The standard InChI is InChI=1S/C19H24N10O5S3/c1-3-34-26-10(13-25-19(22)37-27-13)14(30)24-11-15(31)29-12(17(32)33)7(6-36-16(11)29)5-35-9-4-8(20)28(2)18(21)23-9/h8,11,16,21H,3-6,20H2,1-2H3,(H,24,30)(H,32,33)(H2,22,25,27)/t8?,11-,16-/m1/s1. The van der Waals surface area contributed by atoms with E-state index in [2.05, 4.69) is 24.8 Å². The molecule has 1 aromatic rings. The van der Waals surface area contributed by atoms with Gasteiger partial charge in [0.05, 0.1) is 11.2 Å². The number of carboxylic acid groups (broad SMARTS) is 1. The number of aliphatic imine (C=N–C) groups is 1. The van der Waals surface area contributed by atoms with Gasteiger partial charge in [0.1, 0.15) is 23.7 Å². The summed E-state index contributed by atoms with van der Waals surface area (Å²) in [6.45, 7) is 1.87. The highest BCUT2D eigenvalue weighted by Gasteiger charge is 2.54. The van der Waals surface area contributed by atoms with E-state index in [4.69, 9.17) is 21.7 Å². The Bertz CT molecular complexity index is 1230. The Balaban J connectivity index is 1.47. The molecule has 0 bridgehead atoms. The van der Waals surface area contributed by atoms with Gasteiger partial charge in [-0.1, -0.05) is 5.16 Å². The Kier molecular flexibility index (Phi) is 8.00. The predicted molar refractivity (Wildman–Crippen MR) is 140 cm³/mol. The molecule has 0 radical (unpaired) electrons. The number of fused-ring (bicyclic) bond motifs is 1. The van der Waals surface area contributed by atoms with E-state index in [0.717, 1.165) is 11.5 Å². The number of anilines is 1. The van der Waals surface area contributed by atoms with E-state index < -0.39 is 29.2 Å². The van der Waals surface area contributed by atoms with Crippen LogP contribution >= 0.6 is 35.1 Å². The van der Waals surface area contributed by atoms with E-state index in [1.165, 1.54) is 28.4 Å². The number of carbonyl (C=O) groups is 3. The second-order valence-corrected chi connectivity index (χ2v) is 10.9. The molecule has 0 saturated carbocycles. The molecule has 1 fully saturated rings. The minimum absolute atomic E-state index is 0.0334. The highest BCUT2D eigenvalue weighted by Crippen LogP contribution is 2.41.